The number of urea groups is 1. The molecule has 0 saturated carbocycles. The van der Waals surface area contributed by atoms with Crippen LogP contribution in [0.2, 0.25) is 0 Å². The van der Waals surface area contributed by atoms with Gasteiger partial charge in [0.05, 0.1) is 25.5 Å². The summed E-state index contributed by atoms with van der Waals surface area (Å²) in [6.45, 7) is 0.297. The SMILES string of the molecule is COC(=O)c1ccc(N2C(=O)NC(=O)/C(=C\c3ccc(OCc4ccccc4Br)c(OC)c3)C2=O)cc1. The van der Waals surface area contributed by atoms with E-state index in [1.165, 1.54) is 44.6 Å². The van der Waals surface area contributed by atoms with Gasteiger partial charge in [-0.3, -0.25) is 14.9 Å². The first-order valence-corrected chi connectivity index (χ1v) is 11.8. The smallest absolute Gasteiger partial charge is 0.337 e. The molecule has 1 aliphatic rings. The number of esters is 1. The highest BCUT2D eigenvalue weighted by atomic mass is 79.9. The van der Waals surface area contributed by atoms with Crippen molar-refractivity contribution >= 4 is 51.5 Å². The number of amides is 4. The largest absolute Gasteiger partial charge is 0.493 e. The number of methoxy groups -OCH3 is 2. The molecule has 0 bridgehead atoms. The predicted octanol–water partition coefficient (Wildman–Crippen LogP) is 4.49. The summed E-state index contributed by atoms with van der Waals surface area (Å²) in [6.07, 6.45) is 1.36. The Labute approximate surface area is 220 Å². The molecule has 10 heteroatoms. The van der Waals surface area contributed by atoms with E-state index in [9.17, 15) is 19.2 Å². The van der Waals surface area contributed by atoms with Crippen LogP contribution in [-0.4, -0.2) is 38.0 Å². The van der Waals surface area contributed by atoms with E-state index in [1.807, 2.05) is 24.3 Å². The molecule has 3 aromatic carbocycles. The number of imide groups is 2. The summed E-state index contributed by atoms with van der Waals surface area (Å²) in [5.74, 6) is -1.33. The highest BCUT2D eigenvalue weighted by Gasteiger charge is 2.36. The van der Waals surface area contributed by atoms with Crippen molar-refractivity contribution in [3.63, 3.8) is 0 Å². The lowest BCUT2D eigenvalue weighted by molar-refractivity contribution is -0.122. The third-order valence-corrected chi connectivity index (χ3v) is 6.26. The van der Waals surface area contributed by atoms with Gasteiger partial charge in [-0.25, -0.2) is 14.5 Å². The monoisotopic (exact) mass is 564 g/mol. The number of carbonyl (C=O) groups is 4. The number of hydrogen-bond acceptors (Lipinski definition) is 7. The molecule has 1 saturated heterocycles. The molecule has 1 aliphatic heterocycles. The second-order valence-electron chi connectivity index (χ2n) is 7.79. The molecule has 1 fully saturated rings. The average Bonchev–Trinajstić information content (AvgIpc) is 2.90. The number of hydrogen-bond donors (Lipinski definition) is 1. The Morgan fingerprint density at radius 1 is 0.973 bits per heavy atom. The van der Waals surface area contributed by atoms with Crippen molar-refractivity contribution in [2.45, 2.75) is 6.61 Å². The van der Waals surface area contributed by atoms with Crippen molar-refractivity contribution < 1.29 is 33.4 Å². The van der Waals surface area contributed by atoms with Gasteiger partial charge >= 0.3 is 12.0 Å². The molecule has 188 valence electrons. The maximum atomic E-state index is 13.2. The number of nitrogens with zero attached hydrogens (tertiary/aromatic N) is 1. The zero-order valence-electron chi connectivity index (χ0n) is 19.8. The van der Waals surface area contributed by atoms with Crippen molar-refractivity contribution in [2.24, 2.45) is 0 Å². The van der Waals surface area contributed by atoms with Gasteiger partial charge in [0.2, 0.25) is 0 Å². The summed E-state index contributed by atoms with van der Waals surface area (Å²) >= 11 is 3.49. The van der Waals surface area contributed by atoms with Crippen LogP contribution in [0.15, 0.2) is 76.8 Å². The van der Waals surface area contributed by atoms with E-state index < -0.39 is 23.8 Å². The van der Waals surface area contributed by atoms with Gasteiger partial charge in [0.25, 0.3) is 11.8 Å². The Balaban J connectivity index is 1.58. The van der Waals surface area contributed by atoms with Crippen LogP contribution in [-0.2, 0) is 20.9 Å². The summed E-state index contributed by atoms with van der Waals surface area (Å²) in [5, 5.41) is 2.17. The molecule has 4 rings (SSSR count). The summed E-state index contributed by atoms with van der Waals surface area (Å²) in [6, 6.07) is 17.4. The molecule has 9 nitrogen and oxygen atoms in total. The van der Waals surface area contributed by atoms with Crippen molar-refractivity contribution in [2.75, 3.05) is 19.1 Å². The Morgan fingerprint density at radius 3 is 2.38 bits per heavy atom. The zero-order valence-corrected chi connectivity index (χ0v) is 21.4. The predicted molar refractivity (Wildman–Crippen MR) is 138 cm³/mol. The molecular weight excluding hydrogens is 544 g/mol. The van der Waals surface area contributed by atoms with Gasteiger partial charge in [-0.2, -0.15) is 0 Å². The third-order valence-electron chi connectivity index (χ3n) is 5.49. The van der Waals surface area contributed by atoms with Gasteiger partial charge in [-0.1, -0.05) is 40.2 Å². The molecule has 0 unspecified atom stereocenters. The van der Waals surface area contributed by atoms with Crippen LogP contribution in [0.1, 0.15) is 21.5 Å². The van der Waals surface area contributed by atoms with Crippen LogP contribution in [0, 0.1) is 0 Å². The number of carbonyl (C=O) groups excluding carboxylic acids is 4. The minimum atomic E-state index is -0.897. The van der Waals surface area contributed by atoms with E-state index in [0.717, 1.165) is 14.9 Å². The van der Waals surface area contributed by atoms with Gasteiger partial charge in [0.15, 0.2) is 11.5 Å². The lowest BCUT2D eigenvalue weighted by Crippen LogP contribution is -2.54. The van der Waals surface area contributed by atoms with Gasteiger partial charge < -0.3 is 14.2 Å². The molecule has 3 aromatic rings. The highest BCUT2D eigenvalue weighted by molar-refractivity contribution is 9.10. The lowest BCUT2D eigenvalue weighted by Gasteiger charge is -2.26. The molecular formula is C27H21BrN2O7. The molecule has 0 atom stereocenters. The van der Waals surface area contributed by atoms with E-state index in [-0.39, 0.29) is 16.8 Å². The Bertz CT molecular complexity index is 1420. The van der Waals surface area contributed by atoms with Gasteiger partial charge in [-0.15, -0.1) is 0 Å². The first kappa shape index (κ1) is 25.6. The summed E-state index contributed by atoms with van der Waals surface area (Å²) in [7, 11) is 2.73. The second kappa shape index (κ2) is 11.1. The third kappa shape index (κ3) is 5.54. The maximum Gasteiger partial charge on any atom is 0.337 e. The number of barbiturate groups is 1. The van der Waals surface area contributed by atoms with Crippen LogP contribution in [0.3, 0.4) is 0 Å². The second-order valence-corrected chi connectivity index (χ2v) is 8.64. The topological polar surface area (TPSA) is 111 Å². The minimum Gasteiger partial charge on any atom is -0.493 e. The molecule has 37 heavy (non-hydrogen) atoms. The van der Waals surface area contributed by atoms with Gasteiger partial charge in [-0.05, 0) is 54.1 Å². The fourth-order valence-electron chi connectivity index (χ4n) is 3.59. The molecule has 0 spiro atoms. The molecule has 0 aromatic heterocycles. The van der Waals surface area contributed by atoms with E-state index in [1.54, 1.807) is 18.2 Å². The van der Waals surface area contributed by atoms with Gasteiger partial charge in [0.1, 0.15) is 12.2 Å². The summed E-state index contributed by atoms with van der Waals surface area (Å²) in [4.78, 5) is 50.6. The minimum absolute atomic E-state index is 0.182. The van der Waals surface area contributed by atoms with E-state index >= 15 is 0 Å². The first-order chi connectivity index (χ1) is 17.8. The average molecular weight is 565 g/mol. The number of nitrogens with one attached hydrogen (secondary N) is 1. The number of anilines is 1. The lowest BCUT2D eigenvalue weighted by atomic mass is 10.1. The van der Waals surface area contributed by atoms with Gasteiger partial charge in [0, 0.05) is 10.0 Å². The fourth-order valence-corrected chi connectivity index (χ4v) is 3.99. The standard InChI is InChI=1S/C27H21BrN2O7/c1-35-23-14-16(7-12-22(23)37-15-18-5-3-4-6-21(18)28)13-20-24(31)29-27(34)30(25(20)32)19-10-8-17(9-11-19)26(33)36-2/h3-14H,15H2,1-2H3,(H,29,31,34)/b20-13+. The van der Waals surface area contributed by atoms with Crippen LogP contribution >= 0.6 is 15.9 Å². The van der Waals surface area contributed by atoms with E-state index in [2.05, 4.69) is 26.0 Å². The van der Waals surface area contributed by atoms with Crippen LogP contribution in [0.5, 0.6) is 11.5 Å². The summed E-state index contributed by atoms with van der Waals surface area (Å²) in [5.41, 5.74) is 1.61. The molecule has 1 N–H and O–H groups in total. The number of halogens is 1. The van der Waals surface area contributed by atoms with Crippen LogP contribution < -0.4 is 19.7 Å². The van der Waals surface area contributed by atoms with Crippen molar-refractivity contribution in [1.29, 1.82) is 0 Å². The zero-order chi connectivity index (χ0) is 26.5. The van der Waals surface area contributed by atoms with E-state index in [0.29, 0.717) is 23.7 Å². The highest BCUT2D eigenvalue weighted by Crippen LogP contribution is 2.31. The summed E-state index contributed by atoms with van der Waals surface area (Å²) < 4.78 is 16.9. The van der Waals surface area contributed by atoms with Crippen molar-refractivity contribution in [3.05, 3.63) is 93.5 Å². The maximum absolute atomic E-state index is 13.2. The quantitative estimate of drug-likeness (QED) is 0.255. The Morgan fingerprint density at radius 2 is 1.70 bits per heavy atom. The number of ether oxygens (including phenoxy) is 3. The molecule has 0 radical (unpaired) electrons. The normalized spacial score (nSPS) is 14.4. The molecule has 1 heterocycles. The van der Waals surface area contributed by atoms with Crippen LogP contribution in [0.25, 0.3) is 6.08 Å². The number of benzene rings is 3. The molecule has 4 amide bonds. The first-order valence-electron chi connectivity index (χ1n) is 11.0. The fraction of sp³-hybridized carbons (Fsp3) is 0.111. The van der Waals surface area contributed by atoms with Crippen molar-refractivity contribution in [3.8, 4) is 11.5 Å². The van der Waals surface area contributed by atoms with Crippen LogP contribution in [0.4, 0.5) is 10.5 Å². The Kier molecular flexibility index (Phi) is 7.69. The van der Waals surface area contributed by atoms with E-state index in [4.69, 9.17) is 9.47 Å². The van der Waals surface area contributed by atoms with Crippen molar-refractivity contribution in [1.82, 2.24) is 5.32 Å². The Hall–Kier alpha value is -4.44. The molecule has 0 aliphatic carbocycles. The number of rotatable bonds is 7.